The molecule has 2 saturated heterocycles. The van der Waals surface area contributed by atoms with Gasteiger partial charge in [-0.3, -0.25) is 23.5 Å². The van der Waals surface area contributed by atoms with Crippen LogP contribution in [0.4, 0.5) is 5.82 Å². The molecule has 2 aliphatic heterocycles. The maximum absolute atomic E-state index is 12.4. The fraction of sp³-hybridized carbons (Fsp3) is 0.600. The molecule has 0 radical (unpaired) electrons. The van der Waals surface area contributed by atoms with Crippen LogP contribution in [0.1, 0.15) is 42.1 Å². The van der Waals surface area contributed by atoms with Gasteiger partial charge in [0.25, 0.3) is 13.4 Å². The van der Waals surface area contributed by atoms with Crippen molar-refractivity contribution in [2.75, 3.05) is 26.6 Å². The first-order valence-corrected chi connectivity index (χ1v) is 15.4. The van der Waals surface area contributed by atoms with E-state index in [-0.39, 0.29) is 37.6 Å². The smallest absolute Gasteiger partial charge is 0.351 e. The van der Waals surface area contributed by atoms with Crippen LogP contribution in [0.2, 0.25) is 0 Å². The normalized spacial score (nSPS) is 26.3. The van der Waals surface area contributed by atoms with Gasteiger partial charge in [0.2, 0.25) is 0 Å². The number of nitrogens with one attached hydrogen (secondary N) is 1. The number of ether oxygens (including phenoxy) is 4. The number of hydrogen-bond acceptors (Lipinski definition) is 15. The van der Waals surface area contributed by atoms with E-state index in [4.69, 9.17) is 29.2 Å². The number of methoxy groups -OCH3 is 1. The summed E-state index contributed by atoms with van der Waals surface area (Å²) >= 11 is 0. The Morgan fingerprint density at radius 3 is 2.47 bits per heavy atom. The van der Waals surface area contributed by atoms with Crippen LogP contribution in [0.15, 0.2) is 33.0 Å². The van der Waals surface area contributed by atoms with E-state index >= 15 is 0 Å². The molecule has 20 heteroatoms. The van der Waals surface area contributed by atoms with Crippen LogP contribution in [0.3, 0.4) is 0 Å². The molecule has 45 heavy (non-hydrogen) atoms. The molecule has 0 amide bonds. The van der Waals surface area contributed by atoms with Crippen LogP contribution in [-0.4, -0.2) is 79.3 Å². The third kappa shape index (κ3) is 7.47. The lowest BCUT2D eigenvalue weighted by Crippen LogP contribution is -2.33. The van der Waals surface area contributed by atoms with E-state index in [0.717, 1.165) is 7.11 Å². The second-order valence-electron chi connectivity index (χ2n) is 10.7. The molecule has 0 bridgehead atoms. The van der Waals surface area contributed by atoms with Gasteiger partial charge in [-0.1, -0.05) is 5.21 Å². The van der Waals surface area contributed by atoms with Crippen molar-refractivity contribution in [2.45, 2.75) is 76.7 Å². The lowest BCUT2D eigenvalue weighted by molar-refractivity contribution is -0.228. The molecule has 246 valence electrons. The number of rotatable bonds is 12. The Bertz CT molecular complexity index is 1740. The van der Waals surface area contributed by atoms with E-state index in [9.17, 15) is 23.8 Å². The Morgan fingerprint density at radius 2 is 1.73 bits per heavy atom. The number of nitrogens with two attached hydrogens (primary N) is 1. The predicted octanol–water partition coefficient (Wildman–Crippen LogP) is -1.11. The summed E-state index contributed by atoms with van der Waals surface area (Å²) in [5.41, 5.74) is 5.30. The van der Waals surface area contributed by atoms with Crippen LogP contribution in [0.5, 0.6) is 0 Å². The number of aromatic amines is 1. The molecule has 0 aromatic carbocycles. The maximum Gasteiger partial charge on any atom is 0.351 e. The number of anilines is 1. The van der Waals surface area contributed by atoms with Gasteiger partial charge in [-0.15, -0.1) is 5.10 Å². The highest BCUT2D eigenvalue weighted by Crippen LogP contribution is 2.44. The second kappa shape index (κ2) is 13.4. The summed E-state index contributed by atoms with van der Waals surface area (Å²) in [6.45, 7) is 3.52. The van der Waals surface area contributed by atoms with Gasteiger partial charge >= 0.3 is 11.4 Å². The van der Waals surface area contributed by atoms with Gasteiger partial charge in [0.1, 0.15) is 36.2 Å². The molecule has 0 spiro atoms. The quantitative estimate of drug-likeness (QED) is 0.220. The molecule has 5 rings (SSSR count). The monoisotopic (exact) mass is 653 g/mol. The second-order valence-corrected chi connectivity index (χ2v) is 12.2. The standard InChI is InChI=1S/C25H35N8O11P/c1-13-7-32(24(35)27-22(13)26)20-5-16(19(43-20)12-39-3)41-11-15-9-31(30-29-15)10-18-17(44-45(37,38)40-4)6-21(42-18)33-8-14(2)23(34)28-25(33)36/h7-9,16-21H,5-6,10-12H2,1-4H3,(H,37,38)(H2,26,27,35)(H,28,34,36)/p-1/t16?,17?,18-,19-,20-,21-/m1/s1. The van der Waals surface area contributed by atoms with Gasteiger partial charge in [-0.05, 0) is 13.8 Å². The average molecular weight is 654 g/mol. The Hall–Kier alpha value is -3.55. The average Bonchev–Trinajstić information content (AvgIpc) is 3.71. The van der Waals surface area contributed by atoms with Crippen molar-refractivity contribution >= 4 is 13.6 Å². The van der Waals surface area contributed by atoms with E-state index < -0.39 is 61.6 Å². The zero-order valence-electron chi connectivity index (χ0n) is 24.9. The van der Waals surface area contributed by atoms with Crippen molar-refractivity contribution < 1.29 is 37.5 Å². The highest BCUT2D eigenvalue weighted by molar-refractivity contribution is 7.45. The van der Waals surface area contributed by atoms with Crippen molar-refractivity contribution in [3.63, 3.8) is 0 Å². The molecule has 7 atom stereocenters. The first kappa shape index (κ1) is 32.8. The SMILES string of the molecule is COC[C@H]1O[C@@H](n2cc(C)c(N)nc2=O)CC1OCc1cn(C[C@H]2O[C@@H](n3cc(C)c(=O)[nH]c3=O)CC2OP(=O)([O-])OC)nn1. The lowest BCUT2D eigenvalue weighted by atomic mass is 10.2. The summed E-state index contributed by atoms with van der Waals surface area (Å²) in [7, 11) is -2.18. The van der Waals surface area contributed by atoms with Crippen LogP contribution in [0, 0.1) is 13.8 Å². The van der Waals surface area contributed by atoms with Crippen molar-refractivity contribution in [2.24, 2.45) is 0 Å². The topological polar surface area (TPSA) is 242 Å². The summed E-state index contributed by atoms with van der Waals surface area (Å²) in [6.07, 6.45) is 0.355. The zero-order chi connectivity index (χ0) is 32.5. The van der Waals surface area contributed by atoms with E-state index in [1.54, 1.807) is 19.3 Å². The van der Waals surface area contributed by atoms with Gasteiger partial charge in [0.05, 0.1) is 38.2 Å². The first-order valence-electron chi connectivity index (χ1n) is 13.9. The van der Waals surface area contributed by atoms with Gasteiger partial charge in [0, 0.05) is 50.6 Å². The fourth-order valence-corrected chi connectivity index (χ4v) is 5.81. The minimum absolute atomic E-state index is 0.00227. The van der Waals surface area contributed by atoms with Gasteiger partial charge in [-0.2, -0.15) is 4.98 Å². The Labute approximate surface area is 255 Å². The summed E-state index contributed by atoms with van der Waals surface area (Å²) in [5.74, 6) is 0.149. The molecule has 2 aliphatic rings. The minimum atomic E-state index is -4.67. The number of hydrogen-bond donors (Lipinski definition) is 2. The molecule has 19 nitrogen and oxygen atoms in total. The van der Waals surface area contributed by atoms with Gasteiger partial charge in [-0.25, -0.2) is 14.3 Å². The van der Waals surface area contributed by atoms with E-state index in [0.29, 0.717) is 17.7 Å². The van der Waals surface area contributed by atoms with Crippen LogP contribution in [-0.2, 0) is 45.7 Å². The number of aromatic nitrogens is 7. The summed E-state index contributed by atoms with van der Waals surface area (Å²) < 4.78 is 49.2. The van der Waals surface area contributed by atoms with E-state index in [1.165, 1.54) is 34.0 Å². The van der Waals surface area contributed by atoms with Crippen molar-refractivity contribution in [1.82, 2.24) is 34.1 Å². The fourth-order valence-electron chi connectivity index (χ4n) is 5.17. The molecule has 3 aromatic heterocycles. The summed E-state index contributed by atoms with van der Waals surface area (Å²) in [5, 5.41) is 8.24. The largest absolute Gasteiger partial charge is 0.756 e. The van der Waals surface area contributed by atoms with Crippen molar-refractivity contribution in [3.05, 3.63) is 66.7 Å². The molecule has 3 aromatic rings. The van der Waals surface area contributed by atoms with Crippen LogP contribution >= 0.6 is 7.82 Å². The molecule has 3 N–H and O–H groups in total. The number of nitrogens with zero attached hydrogens (tertiary/aromatic N) is 6. The molecular formula is C25H34N8O11P-. The number of phosphoric acid groups is 1. The first-order chi connectivity index (χ1) is 21.4. The molecule has 3 unspecified atom stereocenters. The zero-order valence-corrected chi connectivity index (χ0v) is 25.8. The highest BCUT2D eigenvalue weighted by Gasteiger charge is 2.41. The number of phosphoric ester groups is 1. The van der Waals surface area contributed by atoms with Crippen molar-refractivity contribution in [1.29, 1.82) is 0 Å². The molecule has 5 heterocycles. The minimum Gasteiger partial charge on any atom is -0.756 e. The van der Waals surface area contributed by atoms with E-state index in [1.807, 2.05) is 0 Å². The Kier molecular flexibility index (Phi) is 9.80. The molecule has 0 saturated carbocycles. The lowest BCUT2D eigenvalue weighted by Gasteiger charge is -2.26. The molecule has 0 aliphatic carbocycles. The summed E-state index contributed by atoms with van der Waals surface area (Å²) in [4.78, 5) is 54.9. The third-order valence-corrected chi connectivity index (χ3v) is 8.49. The third-order valence-electron chi connectivity index (χ3n) is 7.52. The molecule has 2 fully saturated rings. The summed E-state index contributed by atoms with van der Waals surface area (Å²) in [6, 6.07) is 0. The van der Waals surface area contributed by atoms with Gasteiger partial charge < -0.3 is 38.6 Å². The number of aryl methyl sites for hydroxylation is 2. The van der Waals surface area contributed by atoms with Crippen LogP contribution in [0.25, 0.3) is 0 Å². The maximum atomic E-state index is 12.4. The Balaban J connectivity index is 1.26. The highest BCUT2D eigenvalue weighted by atomic mass is 31.2. The number of nitrogen functional groups attached to an aromatic ring is 1. The van der Waals surface area contributed by atoms with Crippen LogP contribution < -0.4 is 27.6 Å². The Morgan fingerprint density at radius 1 is 1.04 bits per heavy atom. The molecular weight excluding hydrogens is 619 g/mol. The predicted molar refractivity (Wildman–Crippen MR) is 151 cm³/mol. The number of H-pyrrole nitrogens is 1. The van der Waals surface area contributed by atoms with E-state index in [2.05, 4.69) is 24.8 Å². The van der Waals surface area contributed by atoms with Gasteiger partial charge in [0.15, 0.2) is 0 Å². The van der Waals surface area contributed by atoms with Crippen molar-refractivity contribution in [3.8, 4) is 0 Å².